The van der Waals surface area contributed by atoms with E-state index in [0.29, 0.717) is 25.7 Å². The lowest BCUT2D eigenvalue weighted by Crippen LogP contribution is -2.30. The normalized spacial score (nSPS) is 14.5. The van der Waals surface area contributed by atoms with Crippen molar-refractivity contribution in [3.8, 4) is 0 Å². The van der Waals surface area contributed by atoms with Crippen LogP contribution in [-0.2, 0) is 65.4 Å². The maximum Gasteiger partial charge on any atom is 0.472 e. The van der Waals surface area contributed by atoms with Crippen molar-refractivity contribution < 1.29 is 80.2 Å². The zero-order valence-electron chi connectivity index (χ0n) is 65.4. The molecule has 0 rings (SSSR count). The van der Waals surface area contributed by atoms with E-state index in [4.69, 9.17) is 37.0 Å². The van der Waals surface area contributed by atoms with Gasteiger partial charge in [0.15, 0.2) is 12.2 Å². The molecule has 5 atom stereocenters. The molecule has 0 aliphatic rings. The minimum Gasteiger partial charge on any atom is -0.462 e. The van der Waals surface area contributed by atoms with Crippen molar-refractivity contribution in [2.75, 3.05) is 39.6 Å². The van der Waals surface area contributed by atoms with Crippen LogP contribution in [0.4, 0.5) is 0 Å². The Labute approximate surface area is 632 Å². The Balaban J connectivity index is 5.38. The minimum absolute atomic E-state index is 0.0678. The second-order valence-electron chi connectivity index (χ2n) is 27.0. The van der Waals surface area contributed by atoms with Crippen LogP contribution >= 0.6 is 15.6 Å². The third-order valence-corrected chi connectivity index (χ3v) is 18.8. The maximum atomic E-state index is 13.1. The Bertz CT molecular complexity index is 2440. The summed E-state index contributed by atoms with van der Waals surface area (Å²) in [6.07, 6.45) is 84.5. The molecule has 0 heterocycles. The van der Waals surface area contributed by atoms with Gasteiger partial charge in [0.05, 0.1) is 26.4 Å². The molecule has 0 bridgehead atoms. The van der Waals surface area contributed by atoms with E-state index >= 15 is 0 Å². The lowest BCUT2D eigenvalue weighted by Gasteiger charge is -2.21. The quantitative estimate of drug-likeness (QED) is 0.0169. The minimum atomic E-state index is -4.99. The van der Waals surface area contributed by atoms with Gasteiger partial charge >= 0.3 is 39.5 Å². The van der Waals surface area contributed by atoms with Crippen LogP contribution < -0.4 is 0 Å². The average molecular weight is 1500 g/mol. The number of hydrogen-bond acceptors (Lipinski definition) is 15. The van der Waals surface area contributed by atoms with Gasteiger partial charge in [0, 0.05) is 25.7 Å². The smallest absolute Gasteiger partial charge is 0.462 e. The predicted molar refractivity (Wildman–Crippen MR) is 427 cm³/mol. The molecular formula is C85H146O17P2. The molecule has 598 valence electrons. The van der Waals surface area contributed by atoms with E-state index in [2.05, 4.69) is 149 Å². The highest BCUT2D eigenvalue weighted by Gasteiger charge is 2.30. The van der Waals surface area contributed by atoms with Gasteiger partial charge < -0.3 is 33.8 Å². The summed E-state index contributed by atoms with van der Waals surface area (Å²) in [5, 5.41) is 10.6. The second kappa shape index (κ2) is 76.6. The number of carbonyl (C=O) groups is 4. The molecule has 0 radical (unpaired) electrons. The number of ether oxygens (including phenoxy) is 4. The Hall–Kier alpha value is -4.54. The number of hydrogen-bond donors (Lipinski definition) is 3. The number of rotatable bonds is 76. The van der Waals surface area contributed by atoms with Crippen LogP contribution in [0.1, 0.15) is 336 Å². The molecule has 104 heavy (non-hydrogen) atoms. The third kappa shape index (κ3) is 75.7. The largest absolute Gasteiger partial charge is 0.472 e. The molecule has 0 fully saturated rings. The summed E-state index contributed by atoms with van der Waals surface area (Å²) in [6.45, 7) is 4.59. The summed E-state index contributed by atoms with van der Waals surface area (Å²) in [4.78, 5) is 73.1. The standard InChI is InChI=1S/C85H146O17P2/c1-5-9-13-17-21-25-29-33-36-38-39-41-44-47-50-54-58-62-66-70-83(88)95-75-80(101-84(89)71-67-63-59-55-51-45-32-28-24-20-16-12-8-4)77-99-103(91,92)97-73-79(86)74-98-104(93,94)100-78-81(102-85(90)72-68-64-60-56-52-48-42-35-31-27-23-19-15-11-7-3)76-96-82(87)69-65-61-57-53-49-46-43-40-37-34-30-26-22-18-14-10-6-2/h10-11,14-15,21-23,25-27,33-37,39,41-43,46,79-81,86H,5-9,12-13,16-20,24,28-32,38,40,44-45,47-78H2,1-4H3,(H,91,92)(H,93,94)/b14-10-,15-11-,25-21-,26-22-,27-23-,36-33-,37-34-,41-39-,42-35-,46-43-. The molecule has 3 N–H and O–H groups in total. The van der Waals surface area contributed by atoms with E-state index in [1.54, 1.807) is 0 Å². The van der Waals surface area contributed by atoms with E-state index in [1.165, 1.54) is 70.6 Å². The van der Waals surface area contributed by atoms with Crippen molar-refractivity contribution in [1.82, 2.24) is 0 Å². The highest BCUT2D eigenvalue weighted by atomic mass is 31.2. The van der Waals surface area contributed by atoms with Crippen LogP contribution in [0, 0.1) is 0 Å². The Morgan fingerprint density at radius 1 is 0.279 bits per heavy atom. The zero-order valence-corrected chi connectivity index (χ0v) is 67.2. The molecule has 0 amide bonds. The van der Waals surface area contributed by atoms with E-state index in [0.717, 1.165) is 186 Å². The molecule has 19 heteroatoms. The first-order valence-electron chi connectivity index (χ1n) is 40.8. The van der Waals surface area contributed by atoms with Gasteiger partial charge in [0.2, 0.25) is 0 Å². The van der Waals surface area contributed by atoms with Crippen molar-refractivity contribution in [2.45, 2.75) is 354 Å². The maximum absolute atomic E-state index is 13.1. The second-order valence-corrected chi connectivity index (χ2v) is 29.9. The van der Waals surface area contributed by atoms with Gasteiger partial charge in [-0.25, -0.2) is 9.13 Å². The van der Waals surface area contributed by atoms with Gasteiger partial charge in [0.1, 0.15) is 19.3 Å². The molecule has 0 aromatic rings. The molecule has 0 aliphatic carbocycles. The van der Waals surface area contributed by atoms with Crippen molar-refractivity contribution in [3.05, 3.63) is 122 Å². The summed E-state index contributed by atoms with van der Waals surface area (Å²) < 4.78 is 68.6. The van der Waals surface area contributed by atoms with Crippen molar-refractivity contribution in [2.24, 2.45) is 0 Å². The van der Waals surface area contributed by atoms with Crippen LogP contribution in [0.25, 0.3) is 0 Å². The van der Waals surface area contributed by atoms with Crippen LogP contribution in [0.2, 0.25) is 0 Å². The van der Waals surface area contributed by atoms with Crippen molar-refractivity contribution >= 4 is 39.5 Å². The highest BCUT2D eigenvalue weighted by Crippen LogP contribution is 2.45. The third-order valence-electron chi connectivity index (χ3n) is 16.9. The Morgan fingerprint density at radius 2 is 0.500 bits per heavy atom. The first kappa shape index (κ1) is 99.5. The Morgan fingerprint density at radius 3 is 0.788 bits per heavy atom. The first-order chi connectivity index (χ1) is 50.7. The highest BCUT2D eigenvalue weighted by molar-refractivity contribution is 7.47. The molecule has 5 unspecified atom stereocenters. The van der Waals surface area contributed by atoms with E-state index in [1.807, 2.05) is 0 Å². The predicted octanol–water partition coefficient (Wildman–Crippen LogP) is 23.9. The van der Waals surface area contributed by atoms with Gasteiger partial charge in [-0.05, 0) is 135 Å². The van der Waals surface area contributed by atoms with Crippen LogP contribution in [0.5, 0.6) is 0 Å². The number of phosphoric ester groups is 2. The fraction of sp³-hybridized carbons (Fsp3) is 0.718. The summed E-state index contributed by atoms with van der Waals surface area (Å²) in [5.41, 5.74) is 0. The molecule has 17 nitrogen and oxygen atoms in total. The average Bonchev–Trinajstić information content (AvgIpc) is 0.939. The first-order valence-corrected chi connectivity index (χ1v) is 43.8. The molecule has 0 spiro atoms. The van der Waals surface area contributed by atoms with E-state index < -0.39 is 97.5 Å². The Kier molecular flexibility index (Phi) is 73.3. The summed E-state index contributed by atoms with van der Waals surface area (Å²) >= 11 is 0. The molecule has 0 saturated carbocycles. The van der Waals surface area contributed by atoms with Gasteiger partial charge in [-0.3, -0.25) is 37.3 Å². The number of aliphatic hydroxyl groups excluding tert-OH is 1. The fourth-order valence-corrected chi connectivity index (χ4v) is 12.3. The number of unbranched alkanes of at least 4 members (excludes halogenated alkanes) is 30. The van der Waals surface area contributed by atoms with Gasteiger partial charge in [0.25, 0.3) is 0 Å². The van der Waals surface area contributed by atoms with Gasteiger partial charge in [-0.2, -0.15) is 0 Å². The topological polar surface area (TPSA) is 237 Å². The molecule has 0 aromatic carbocycles. The van der Waals surface area contributed by atoms with Crippen LogP contribution in [0.3, 0.4) is 0 Å². The fourth-order valence-electron chi connectivity index (χ4n) is 10.8. The van der Waals surface area contributed by atoms with Crippen molar-refractivity contribution in [1.29, 1.82) is 0 Å². The van der Waals surface area contributed by atoms with Crippen LogP contribution in [0.15, 0.2) is 122 Å². The number of esters is 4. The number of allylic oxidation sites excluding steroid dienone is 20. The van der Waals surface area contributed by atoms with E-state index in [-0.39, 0.29) is 25.7 Å². The lowest BCUT2D eigenvalue weighted by atomic mass is 10.0. The van der Waals surface area contributed by atoms with Gasteiger partial charge in [-0.1, -0.05) is 297 Å². The molecule has 0 aromatic heterocycles. The van der Waals surface area contributed by atoms with Crippen molar-refractivity contribution in [3.63, 3.8) is 0 Å². The molecule has 0 aliphatic heterocycles. The molecule has 0 saturated heterocycles. The number of phosphoric acid groups is 2. The summed E-state index contributed by atoms with van der Waals surface area (Å²) in [5.74, 6) is -2.22. The van der Waals surface area contributed by atoms with Gasteiger partial charge in [-0.15, -0.1) is 0 Å². The summed E-state index contributed by atoms with van der Waals surface area (Å²) in [6, 6.07) is 0. The monoisotopic (exact) mass is 1500 g/mol. The zero-order chi connectivity index (χ0) is 76.0. The SMILES string of the molecule is CC/C=C\C/C=C\C/C=C\C/C=C\CCCCCCC(=O)OCC(COP(=O)(O)OCC(O)COP(=O)(O)OCC(COC(=O)CCCCCCCC/C=C\C/C=C\C/C=C\CCCCC)OC(=O)CCCCCCCCCCCCCCC)OC(=O)CCCCCCC/C=C\C/C=C\C/C=C\CC. The number of aliphatic hydroxyl groups is 1. The van der Waals surface area contributed by atoms with E-state index in [9.17, 15) is 43.2 Å². The summed E-state index contributed by atoms with van der Waals surface area (Å²) in [7, 11) is -9.97. The molecular weight excluding hydrogens is 1350 g/mol. The number of carbonyl (C=O) groups excluding carboxylic acids is 4. The lowest BCUT2D eigenvalue weighted by molar-refractivity contribution is -0.161. The van der Waals surface area contributed by atoms with Crippen LogP contribution in [-0.4, -0.2) is 96.7 Å².